The van der Waals surface area contributed by atoms with Crippen LogP contribution >= 0.6 is 0 Å². The number of nitrogens with zero attached hydrogens (tertiary/aromatic N) is 2. The third-order valence-electron chi connectivity index (χ3n) is 5.20. The molecule has 28 heavy (non-hydrogen) atoms. The average molecular weight is 389 g/mol. The summed E-state index contributed by atoms with van der Waals surface area (Å²) in [4.78, 5) is 28.8. The van der Waals surface area contributed by atoms with Gasteiger partial charge >= 0.3 is 6.03 Å². The molecule has 1 aromatic carbocycles. The average Bonchev–Trinajstić information content (AvgIpc) is 2.66. The number of anilines is 2. The van der Waals surface area contributed by atoms with Crippen LogP contribution in [0.3, 0.4) is 0 Å². The van der Waals surface area contributed by atoms with Gasteiger partial charge in [-0.25, -0.2) is 4.79 Å². The molecule has 0 unspecified atom stereocenters. The summed E-state index contributed by atoms with van der Waals surface area (Å²) in [5, 5.41) is 6.00. The van der Waals surface area contributed by atoms with E-state index in [2.05, 4.69) is 15.5 Å². The van der Waals surface area contributed by atoms with Crippen molar-refractivity contribution in [2.45, 2.75) is 77.9 Å². The fourth-order valence-electron chi connectivity index (χ4n) is 3.75. The number of nitrogens with one attached hydrogen (secondary N) is 2. The van der Waals surface area contributed by atoms with Crippen molar-refractivity contribution in [2.75, 3.05) is 24.3 Å². The normalized spacial score (nSPS) is 14.6. The lowest BCUT2D eigenvalue weighted by Gasteiger charge is -2.36. The van der Waals surface area contributed by atoms with Gasteiger partial charge in [0.1, 0.15) is 0 Å². The van der Waals surface area contributed by atoms with E-state index in [9.17, 15) is 9.59 Å². The Morgan fingerprint density at radius 3 is 2.39 bits per heavy atom. The van der Waals surface area contributed by atoms with Gasteiger partial charge in [0.05, 0.1) is 0 Å². The Morgan fingerprint density at radius 2 is 1.82 bits per heavy atom. The Bertz CT molecular complexity index is 667. The number of hydrogen-bond acceptors (Lipinski definition) is 3. The Hall–Kier alpha value is -2.24. The zero-order valence-corrected chi connectivity index (χ0v) is 18.0. The SMILES string of the molecule is CCC(=O)Nc1ccc(N(C)C)c(CN(C(=O)NC(C)C)C2CCCCC2)c1. The first-order valence-corrected chi connectivity index (χ1v) is 10.5. The smallest absolute Gasteiger partial charge is 0.318 e. The van der Waals surface area contributed by atoms with E-state index in [1.165, 1.54) is 19.3 Å². The predicted octanol–water partition coefficient (Wildman–Crippen LogP) is 4.35. The molecule has 2 rings (SSSR count). The van der Waals surface area contributed by atoms with Crippen molar-refractivity contribution in [1.82, 2.24) is 10.2 Å². The summed E-state index contributed by atoms with van der Waals surface area (Å²) in [6, 6.07) is 6.29. The van der Waals surface area contributed by atoms with E-state index in [0.29, 0.717) is 13.0 Å². The van der Waals surface area contributed by atoms with Gasteiger partial charge in [-0.3, -0.25) is 4.79 Å². The molecule has 1 fully saturated rings. The maximum absolute atomic E-state index is 13.0. The summed E-state index contributed by atoms with van der Waals surface area (Å²) < 4.78 is 0. The van der Waals surface area contributed by atoms with E-state index in [1.807, 2.05) is 58.0 Å². The van der Waals surface area contributed by atoms with Gasteiger partial charge in [0.25, 0.3) is 0 Å². The molecule has 2 N–H and O–H groups in total. The highest BCUT2D eigenvalue weighted by Crippen LogP contribution is 2.29. The fourth-order valence-corrected chi connectivity index (χ4v) is 3.75. The number of amides is 3. The Kier molecular flexibility index (Phi) is 8.15. The van der Waals surface area contributed by atoms with E-state index in [4.69, 9.17) is 0 Å². The molecule has 1 saturated carbocycles. The van der Waals surface area contributed by atoms with Gasteiger partial charge in [-0.2, -0.15) is 0 Å². The highest BCUT2D eigenvalue weighted by molar-refractivity contribution is 5.91. The second-order valence-corrected chi connectivity index (χ2v) is 8.16. The summed E-state index contributed by atoms with van der Waals surface area (Å²) in [6.45, 7) is 6.35. The minimum atomic E-state index is -0.00904. The summed E-state index contributed by atoms with van der Waals surface area (Å²) in [5.74, 6) is -0.00904. The molecule has 1 aliphatic rings. The van der Waals surface area contributed by atoms with Gasteiger partial charge in [0.15, 0.2) is 0 Å². The monoisotopic (exact) mass is 388 g/mol. The number of urea groups is 1. The predicted molar refractivity (Wildman–Crippen MR) is 116 cm³/mol. The third kappa shape index (κ3) is 6.14. The first-order chi connectivity index (χ1) is 13.3. The Morgan fingerprint density at radius 1 is 1.14 bits per heavy atom. The molecule has 0 saturated heterocycles. The molecule has 0 aliphatic heterocycles. The highest BCUT2D eigenvalue weighted by atomic mass is 16.2. The summed E-state index contributed by atoms with van der Waals surface area (Å²) in [5.41, 5.74) is 2.89. The number of carbonyl (C=O) groups excluding carboxylic acids is 2. The minimum Gasteiger partial charge on any atom is -0.377 e. The van der Waals surface area contributed by atoms with Crippen LogP contribution in [0, 0.1) is 0 Å². The van der Waals surface area contributed by atoms with Crippen LogP contribution in [0.2, 0.25) is 0 Å². The van der Waals surface area contributed by atoms with Gasteiger partial charge in [0.2, 0.25) is 5.91 Å². The lowest BCUT2D eigenvalue weighted by molar-refractivity contribution is -0.115. The van der Waals surface area contributed by atoms with Crippen LogP contribution in [-0.4, -0.2) is 43.0 Å². The number of rotatable bonds is 7. The Labute approximate surface area is 169 Å². The van der Waals surface area contributed by atoms with E-state index >= 15 is 0 Å². The molecule has 6 heteroatoms. The standard InChI is InChI=1S/C22H36N4O2/c1-6-21(27)24-18-12-13-20(25(4)5)17(14-18)15-26(22(28)23-16(2)3)19-10-8-7-9-11-19/h12-14,16,19H,6-11,15H2,1-5H3,(H,23,28)(H,24,27). The molecule has 0 bridgehead atoms. The van der Waals surface area contributed by atoms with Crippen molar-refractivity contribution in [2.24, 2.45) is 0 Å². The molecular formula is C22H36N4O2. The van der Waals surface area contributed by atoms with Gasteiger partial charge in [-0.15, -0.1) is 0 Å². The largest absolute Gasteiger partial charge is 0.377 e. The van der Waals surface area contributed by atoms with E-state index < -0.39 is 0 Å². The second kappa shape index (κ2) is 10.3. The van der Waals surface area contributed by atoms with Gasteiger partial charge < -0.3 is 20.4 Å². The van der Waals surface area contributed by atoms with Crippen molar-refractivity contribution in [3.8, 4) is 0 Å². The van der Waals surface area contributed by atoms with Crippen LogP contribution in [0.15, 0.2) is 18.2 Å². The lowest BCUT2D eigenvalue weighted by atomic mass is 9.94. The van der Waals surface area contributed by atoms with Crippen molar-refractivity contribution >= 4 is 23.3 Å². The molecule has 0 heterocycles. The zero-order valence-electron chi connectivity index (χ0n) is 18.0. The minimum absolute atomic E-state index is 0.00500. The van der Waals surface area contributed by atoms with Crippen LogP contribution in [-0.2, 0) is 11.3 Å². The van der Waals surface area contributed by atoms with Crippen LogP contribution in [0.4, 0.5) is 16.2 Å². The van der Waals surface area contributed by atoms with Crippen LogP contribution in [0.5, 0.6) is 0 Å². The third-order valence-corrected chi connectivity index (χ3v) is 5.20. The van der Waals surface area contributed by atoms with Crippen LogP contribution in [0.25, 0.3) is 0 Å². The molecule has 0 radical (unpaired) electrons. The van der Waals surface area contributed by atoms with E-state index in [1.54, 1.807) is 0 Å². The quantitative estimate of drug-likeness (QED) is 0.730. The maximum atomic E-state index is 13.0. The van der Waals surface area contributed by atoms with Crippen molar-refractivity contribution in [1.29, 1.82) is 0 Å². The molecule has 0 atom stereocenters. The fraction of sp³-hybridized carbons (Fsp3) is 0.636. The number of hydrogen-bond donors (Lipinski definition) is 2. The number of carbonyl (C=O) groups is 2. The van der Waals surface area contributed by atoms with Crippen molar-refractivity contribution in [3.05, 3.63) is 23.8 Å². The summed E-state index contributed by atoms with van der Waals surface area (Å²) >= 11 is 0. The Balaban J connectivity index is 2.32. The highest BCUT2D eigenvalue weighted by Gasteiger charge is 2.27. The molecule has 1 aromatic rings. The summed E-state index contributed by atoms with van der Waals surface area (Å²) in [6.07, 6.45) is 6.13. The van der Waals surface area contributed by atoms with Crippen molar-refractivity contribution in [3.63, 3.8) is 0 Å². The lowest BCUT2D eigenvalue weighted by Crippen LogP contribution is -2.48. The van der Waals surface area contributed by atoms with Gasteiger partial charge in [-0.05, 0) is 50.5 Å². The molecule has 0 aromatic heterocycles. The van der Waals surface area contributed by atoms with Crippen molar-refractivity contribution < 1.29 is 9.59 Å². The molecule has 6 nitrogen and oxygen atoms in total. The number of benzene rings is 1. The van der Waals surface area contributed by atoms with Gasteiger partial charge in [-0.1, -0.05) is 26.2 Å². The topological polar surface area (TPSA) is 64.7 Å². The van der Waals surface area contributed by atoms with E-state index in [0.717, 1.165) is 29.8 Å². The van der Waals surface area contributed by atoms with Crippen LogP contribution in [0.1, 0.15) is 64.9 Å². The second-order valence-electron chi connectivity index (χ2n) is 8.16. The van der Waals surface area contributed by atoms with Crippen LogP contribution < -0.4 is 15.5 Å². The van der Waals surface area contributed by atoms with Gasteiger partial charge in [0, 0.05) is 50.5 Å². The van der Waals surface area contributed by atoms with E-state index in [-0.39, 0.29) is 24.0 Å². The zero-order chi connectivity index (χ0) is 20.7. The molecule has 1 aliphatic carbocycles. The maximum Gasteiger partial charge on any atom is 0.318 e. The first-order valence-electron chi connectivity index (χ1n) is 10.5. The molecule has 156 valence electrons. The summed E-state index contributed by atoms with van der Waals surface area (Å²) in [7, 11) is 4.00. The molecular weight excluding hydrogens is 352 g/mol. The first kappa shape index (κ1) is 22.1. The molecule has 0 spiro atoms. The molecule has 3 amide bonds.